The molecule has 3 heterocycles. The molecule has 4 rings (SSSR count). The maximum absolute atomic E-state index is 13.0. The van der Waals surface area contributed by atoms with Crippen molar-refractivity contribution in [2.24, 2.45) is 11.3 Å². The Morgan fingerprint density at radius 3 is 2.72 bits per heavy atom. The van der Waals surface area contributed by atoms with Gasteiger partial charge in [0.2, 0.25) is 0 Å². The number of rotatable bonds is 6. The standard InChI is InChI=1S/C25H34N4O3/c1-16(2)11-19-23-20(12-25(3,4)13-21(23)30)29(27-19)22-9-8-17(14-26-22)24(31)28(5)15-18-7-6-10-32-18/h8-9,14,16,18H,6-7,10-13,15H2,1-5H3. The van der Waals surface area contributed by atoms with E-state index in [2.05, 4.69) is 32.7 Å². The highest BCUT2D eigenvalue weighted by atomic mass is 16.5. The third-order valence-electron chi connectivity index (χ3n) is 6.28. The average molecular weight is 439 g/mol. The number of ketones is 1. The first-order valence-corrected chi connectivity index (χ1v) is 11.6. The van der Waals surface area contributed by atoms with Crippen molar-refractivity contribution < 1.29 is 14.3 Å². The summed E-state index contributed by atoms with van der Waals surface area (Å²) in [6, 6.07) is 3.62. The fraction of sp³-hybridized carbons (Fsp3) is 0.600. The van der Waals surface area contributed by atoms with Crippen LogP contribution in [0.25, 0.3) is 5.82 Å². The summed E-state index contributed by atoms with van der Waals surface area (Å²) < 4.78 is 7.46. The number of pyridine rings is 1. The Morgan fingerprint density at radius 1 is 1.31 bits per heavy atom. The molecule has 1 aliphatic carbocycles. The largest absolute Gasteiger partial charge is 0.376 e. The third-order valence-corrected chi connectivity index (χ3v) is 6.28. The van der Waals surface area contributed by atoms with Gasteiger partial charge < -0.3 is 9.64 Å². The van der Waals surface area contributed by atoms with Gasteiger partial charge in [0.05, 0.1) is 28.6 Å². The molecule has 0 aromatic carbocycles. The SMILES string of the molecule is CC(C)Cc1nn(-c2ccc(C(=O)N(C)CC3CCCO3)cn2)c2c1C(=O)CC(C)(C)C2. The molecule has 0 spiro atoms. The Balaban J connectivity index is 1.61. The summed E-state index contributed by atoms with van der Waals surface area (Å²) >= 11 is 0. The van der Waals surface area contributed by atoms with Crippen LogP contribution in [0.4, 0.5) is 0 Å². The number of hydrogen-bond acceptors (Lipinski definition) is 5. The Morgan fingerprint density at radius 2 is 2.09 bits per heavy atom. The van der Waals surface area contributed by atoms with Crippen molar-refractivity contribution in [3.05, 3.63) is 40.8 Å². The second-order valence-electron chi connectivity index (χ2n) is 10.4. The fourth-order valence-corrected chi connectivity index (χ4v) is 4.78. The number of nitrogens with zero attached hydrogens (tertiary/aromatic N) is 4. The van der Waals surface area contributed by atoms with Crippen LogP contribution >= 0.6 is 0 Å². The molecule has 1 amide bonds. The van der Waals surface area contributed by atoms with Gasteiger partial charge in [0.25, 0.3) is 5.91 Å². The topological polar surface area (TPSA) is 77.3 Å². The predicted octanol–water partition coefficient (Wildman–Crippen LogP) is 3.87. The lowest BCUT2D eigenvalue weighted by Crippen LogP contribution is -2.34. The molecular weight excluding hydrogens is 404 g/mol. The summed E-state index contributed by atoms with van der Waals surface area (Å²) in [6.07, 6.45) is 5.83. The molecule has 32 heavy (non-hydrogen) atoms. The average Bonchev–Trinajstić information content (AvgIpc) is 3.34. The lowest BCUT2D eigenvalue weighted by Gasteiger charge is -2.29. The Labute approximate surface area is 190 Å². The molecule has 0 bridgehead atoms. The summed E-state index contributed by atoms with van der Waals surface area (Å²) in [5.74, 6) is 1.14. The molecule has 7 heteroatoms. The van der Waals surface area contributed by atoms with Gasteiger partial charge in [0.15, 0.2) is 11.6 Å². The van der Waals surface area contributed by atoms with E-state index in [0.717, 1.165) is 49.2 Å². The molecule has 2 aliphatic rings. The van der Waals surface area contributed by atoms with Crippen molar-refractivity contribution in [3.63, 3.8) is 0 Å². The monoisotopic (exact) mass is 438 g/mol. The number of carbonyl (C=O) groups is 2. The summed E-state index contributed by atoms with van der Waals surface area (Å²) in [5.41, 5.74) is 2.99. The Bertz CT molecular complexity index is 1000. The summed E-state index contributed by atoms with van der Waals surface area (Å²) in [6.45, 7) is 9.86. The molecule has 1 saturated heterocycles. The van der Waals surface area contributed by atoms with Crippen LogP contribution in [0.15, 0.2) is 18.3 Å². The minimum absolute atomic E-state index is 0.0705. The van der Waals surface area contributed by atoms with Crippen molar-refractivity contribution in [1.82, 2.24) is 19.7 Å². The van der Waals surface area contributed by atoms with Crippen LogP contribution in [0.1, 0.15) is 79.1 Å². The van der Waals surface area contributed by atoms with Crippen LogP contribution in [0, 0.1) is 11.3 Å². The van der Waals surface area contributed by atoms with E-state index in [4.69, 9.17) is 9.84 Å². The predicted molar refractivity (Wildman–Crippen MR) is 122 cm³/mol. The zero-order valence-corrected chi connectivity index (χ0v) is 19.9. The third kappa shape index (κ3) is 4.63. The zero-order valence-electron chi connectivity index (χ0n) is 19.9. The number of amides is 1. The van der Waals surface area contributed by atoms with Gasteiger partial charge in [-0.05, 0) is 49.1 Å². The van der Waals surface area contributed by atoms with E-state index in [1.807, 2.05) is 10.7 Å². The van der Waals surface area contributed by atoms with E-state index in [1.54, 1.807) is 24.2 Å². The first-order valence-electron chi connectivity index (χ1n) is 11.6. The number of fused-ring (bicyclic) bond motifs is 1. The van der Waals surface area contributed by atoms with Crippen molar-refractivity contribution in [3.8, 4) is 5.82 Å². The van der Waals surface area contributed by atoms with Crippen molar-refractivity contribution in [2.75, 3.05) is 20.2 Å². The highest BCUT2D eigenvalue weighted by Gasteiger charge is 2.37. The van der Waals surface area contributed by atoms with Gasteiger partial charge in [-0.15, -0.1) is 0 Å². The molecule has 0 N–H and O–H groups in total. The van der Waals surface area contributed by atoms with E-state index in [-0.39, 0.29) is 23.2 Å². The maximum Gasteiger partial charge on any atom is 0.255 e. The van der Waals surface area contributed by atoms with Gasteiger partial charge in [0.1, 0.15) is 0 Å². The number of hydrogen-bond donors (Lipinski definition) is 0. The number of carbonyl (C=O) groups excluding carboxylic acids is 2. The van der Waals surface area contributed by atoms with Crippen LogP contribution < -0.4 is 0 Å². The highest BCUT2D eigenvalue weighted by Crippen LogP contribution is 2.37. The number of aromatic nitrogens is 3. The fourth-order valence-electron chi connectivity index (χ4n) is 4.78. The number of likely N-dealkylation sites (N-methyl/N-ethyl adjacent to an activating group) is 1. The number of ether oxygens (including phenoxy) is 1. The maximum atomic E-state index is 13.0. The van der Waals surface area contributed by atoms with Crippen LogP contribution in [-0.4, -0.2) is 57.7 Å². The molecule has 1 fully saturated rings. The van der Waals surface area contributed by atoms with E-state index >= 15 is 0 Å². The molecule has 0 saturated carbocycles. The van der Waals surface area contributed by atoms with Gasteiger partial charge in [-0.25, -0.2) is 9.67 Å². The quantitative estimate of drug-likeness (QED) is 0.684. The Kier molecular flexibility index (Phi) is 6.21. The first kappa shape index (κ1) is 22.6. The molecule has 7 nitrogen and oxygen atoms in total. The normalized spacial score (nSPS) is 19.9. The molecule has 1 unspecified atom stereocenters. The lowest BCUT2D eigenvalue weighted by atomic mass is 9.75. The molecule has 2 aromatic heterocycles. The van der Waals surface area contributed by atoms with E-state index in [1.165, 1.54) is 0 Å². The summed E-state index contributed by atoms with van der Waals surface area (Å²) in [7, 11) is 1.80. The van der Waals surface area contributed by atoms with Crippen LogP contribution in [0.2, 0.25) is 0 Å². The van der Waals surface area contributed by atoms with Crippen LogP contribution in [0.3, 0.4) is 0 Å². The lowest BCUT2D eigenvalue weighted by molar-refractivity contribution is 0.0586. The van der Waals surface area contributed by atoms with Gasteiger partial charge in [-0.1, -0.05) is 27.7 Å². The van der Waals surface area contributed by atoms with Gasteiger partial charge >= 0.3 is 0 Å². The van der Waals surface area contributed by atoms with Gasteiger partial charge in [0, 0.05) is 32.8 Å². The van der Waals surface area contributed by atoms with E-state index in [9.17, 15) is 9.59 Å². The molecule has 1 atom stereocenters. The van der Waals surface area contributed by atoms with Crippen molar-refractivity contribution in [1.29, 1.82) is 0 Å². The zero-order chi connectivity index (χ0) is 23.0. The van der Waals surface area contributed by atoms with E-state index in [0.29, 0.717) is 30.3 Å². The molecular formula is C25H34N4O3. The van der Waals surface area contributed by atoms with Crippen molar-refractivity contribution in [2.45, 2.75) is 65.9 Å². The first-order chi connectivity index (χ1) is 15.1. The summed E-state index contributed by atoms with van der Waals surface area (Å²) in [5, 5.41) is 4.82. The molecule has 1 aliphatic heterocycles. The smallest absolute Gasteiger partial charge is 0.255 e. The van der Waals surface area contributed by atoms with Crippen molar-refractivity contribution >= 4 is 11.7 Å². The minimum atomic E-state index is -0.113. The second kappa shape index (κ2) is 8.77. The van der Waals surface area contributed by atoms with Gasteiger partial charge in [-0.2, -0.15) is 5.10 Å². The minimum Gasteiger partial charge on any atom is -0.376 e. The molecule has 172 valence electrons. The second-order valence-corrected chi connectivity index (χ2v) is 10.4. The summed E-state index contributed by atoms with van der Waals surface area (Å²) in [4.78, 5) is 32.1. The molecule has 2 aromatic rings. The number of Topliss-reactive ketones (excluding diaryl/α,β-unsaturated/α-hetero) is 1. The van der Waals surface area contributed by atoms with Crippen LogP contribution in [0.5, 0.6) is 0 Å². The Hall–Kier alpha value is -2.54. The van der Waals surface area contributed by atoms with Gasteiger partial charge in [-0.3, -0.25) is 9.59 Å². The van der Waals surface area contributed by atoms with E-state index < -0.39 is 0 Å². The molecule has 0 radical (unpaired) electrons. The van der Waals surface area contributed by atoms with Crippen LogP contribution in [-0.2, 0) is 17.6 Å². The highest BCUT2D eigenvalue weighted by molar-refractivity contribution is 6.00.